The first-order valence-electron chi connectivity index (χ1n) is 7.32. The van der Waals surface area contributed by atoms with Crippen molar-refractivity contribution in [3.63, 3.8) is 0 Å². The topological polar surface area (TPSA) is 50.7 Å². The minimum atomic E-state index is 0.181. The van der Waals surface area contributed by atoms with Crippen LogP contribution in [0.2, 0.25) is 0 Å². The number of nitrogens with one attached hydrogen (secondary N) is 1. The van der Waals surface area contributed by atoms with E-state index in [1.54, 1.807) is 13.2 Å². The Kier molecular flexibility index (Phi) is 5.26. The summed E-state index contributed by atoms with van der Waals surface area (Å²) in [4.78, 5) is 0. The Hall–Kier alpha value is -1.26. The third-order valence-electron chi connectivity index (χ3n) is 4.19. The van der Waals surface area contributed by atoms with Crippen molar-refractivity contribution in [1.29, 1.82) is 0 Å². The predicted molar refractivity (Wildman–Crippen MR) is 79.2 cm³/mol. The number of phenols is 1. The fourth-order valence-electron chi connectivity index (χ4n) is 2.81. The Morgan fingerprint density at radius 3 is 2.65 bits per heavy atom. The van der Waals surface area contributed by atoms with Gasteiger partial charge in [0, 0.05) is 25.3 Å². The number of phenolic OH excluding ortho intramolecular Hbond substituents is 1. The predicted octanol–water partition coefficient (Wildman–Crippen LogP) is 2.87. The molecule has 2 unspecified atom stereocenters. The molecule has 4 heteroatoms. The van der Waals surface area contributed by atoms with Crippen molar-refractivity contribution in [3.05, 3.63) is 23.8 Å². The van der Waals surface area contributed by atoms with Crippen LogP contribution >= 0.6 is 0 Å². The van der Waals surface area contributed by atoms with Crippen molar-refractivity contribution in [2.24, 2.45) is 5.92 Å². The molecule has 0 saturated carbocycles. The summed E-state index contributed by atoms with van der Waals surface area (Å²) >= 11 is 0. The average molecular weight is 279 g/mol. The molecule has 1 aromatic carbocycles. The summed E-state index contributed by atoms with van der Waals surface area (Å²) < 4.78 is 10.6. The first-order chi connectivity index (χ1) is 9.61. The van der Waals surface area contributed by atoms with E-state index < -0.39 is 0 Å². The average Bonchev–Trinajstić information content (AvgIpc) is 2.48. The van der Waals surface area contributed by atoms with Crippen LogP contribution in [0.5, 0.6) is 11.5 Å². The lowest BCUT2D eigenvalue weighted by Gasteiger charge is -2.31. The van der Waals surface area contributed by atoms with Gasteiger partial charge in [-0.25, -0.2) is 0 Å². The van der Waals surface area contributed by atoms with Gasteiger partial charge in [0.25, 0.3) is 0 Å². The standard InChI is InChI=1S/C16H25NO3/c1-11(13-6-8-20-9-7-13)17-12(2)14-4-5-15(18)16(10-14)19-3/h4-5,10-13,17-18H,6-9H2,1-3H3. The highest BCUT2D eigenvalue weighted by Gasteiger charge is 2.22. The van der Waals surface area contributed by atoms with Crippen LogP contribution in [0.25, 0.3) is 0 Å². The lowest BCUT2D eigenvalue weighted by atomic mass is 9.92. The van der Waals surface area contributed by atoms with Gasteiger partial charge < -0.3 is 19.9 Å². The zero-order valence-electron chi connectivity index (χ0n) is 12.6. The van der Waals surface area contributed by atoms with Crippen LogP contribution in [0, 0.1) is 5.92 Å². The fraction of sp³-hybridized carbons (Fsp3) is 0.625. The molecule has 4 nitrogen and oxygen atoms in total. The number of aromatic hydroxyl groups is 1. The molecule has 2 atom stereocenters. The van der Waals surface area contributed by atoms with Crippen LogP contribution in [-0.2, 0) is 4.74 Å². The van der Waals surface area contributed by atoms with Gasteiger partial charge in [0.2, 0.25) is 0 Å². The lowest BCUT2D eigenvalue weighted by Crippen LogP contribution is -2.38. The van der Waals surface area contributed by atoms with Crippen molar-refractivity contribution in [2.75, 3.05) is 20.3 Å². The minimum Gasteiger partial charge on any atom is -0.504 e. The van der Waals surface area contributed by atoms with Gasteiger partial charge in [0.1, 0.15) is 0 Å². The molecule has 2 rings (SSSR count). The summed E-state index contributed by atoms with van der Waals surface area (Å²) in [5.74, 6) is 1.38. The number of hydrogen-bond acceptors (Lipinski definition) is 4. The van der Waals surface area contributed by atoms with Crippen LogP contribution in [0.3, 0.4) is 0 Å². The van der Waals surface area contributed by atoms with Crippen molar-refractivity contribution in [2.45, 2.75) is 38.8 Å². The molecule has 0 radical (unpaired) electrons. The maximum Gasteiger partial charge on any atom is 0.160 e. The molecule has 1 aromatic rings. The van der Waals surface area contributed by atoms with Crippen molar-refractivity contribution >= 4 is 0 Å². The Bertz CT molecular complexity index is 430. The maximum atomic E-state index is 9.64. The first kappa shape index (κ1) is 15.1. The second-order valence-electron chi connectivity index (χ2n) is 5.56. The van der Waals surface area contributed by atoms with Crippen molar-refractivity contribution in [1.82, 2.24) is 5.32 Å². The van der Waals surface area contributed by atoms with E-state index in [0.29, 0.717) is 17.7 Å². The van der Waals surface area contributed by atoms with Crippen LogP contribution < -0.4 is 10.1 Å². The Balaban J connectivity index is 1.98. The van der Waals surface area contributed by atoms with E-state index in [0.717, 1.165) is 31.6 Å². The van der Waals surface area contributed by atoms with Crippen LogP contribution in [-0.4, -0.2) is 31.5 Å². The molecule has 0 bridgehead atoms. The van der Waals surface area contributed by atoms with E-state index in [1.807, 2.05) is 12.1 Å². The molecule has 1 aliphatic rings. The molecule has 0 spiro atoms. The van der Waals surface area contributed by atoms with Gasteiger partial charge in [0.05, 0.1) is 7.11 Å². The number of methoxy groups -OCH3 is 1. The van der Waals surface area contributed by atoms with E-state index in [9.17, 15) is 5.11 Å². The highest BCUT2D eigenvalue weighted by Crippen LogP contribution is 2.29. The smallest absolute Gasteiger partial charge is 0.160 e. The summed E-state index contributed by atoms with van der Waals surface area (Å²) in [5, 5.41) is 13.3. The molecule has 0 aliphatic carbocycles. The zero-order valence-corrected chi connectivity index (χ0v) is 12.6. The minimum absolute atomic E-state index is 0.181. The Morgan fingerprint density at radius 1 is 1.30 bits per heavy atom. The van der Waals surface area contributed by atoms with E-state index in [1.165, 1.54) is 0 Å². The van der Waals surface area contributed by atoms with E-state index >= 15 is 0 Å². The summed E-state index contributed by atoms with van der Waals surface area (Å²) in [6.45, 7) is 6.13. The van der Waals surface area contributed by atoms with Crippen molar-refractivity contribution < 1.29 is 14.6 Å². The monoisotopic (exact) mass is 279 g/mol. The molecule has 20 heavy (non-hydrogen) atoms. The third-order valence-corrected chi connectivity index (χ3v) is 4.19. The number of ether oxygens (including phenoxy) is 2. The highest BCUT2D eigenvalue weighted by molar-refractivity contribution is 5.42. The molecule has 1 heterocycles. The number of hydrogen-bond donors (Lipinski definition) is 2. The molecule has 112 valence electrons. The summed E-state index contributed by atoms with van der Waals surface area (Å²) in [6, 6.07) is 6.19. The van der Waals surface area contributed by atoms with Gasteiger partial charge >= 0.3 is 0 Å². The second kappa shape index (κ2) is 6.95. The van der Waals surface area contributed by atoms with Crippen LogP contribution in [0.15, 0.2) is 18.2 Å². The van der Waals surface area contributed by atoms with Gasteiger partial charge in [0.15, 0.2) is 11.5 Å². The molecule has 0 amide bonds. The molecular formula is C16H25NO3. The Labute approximate surface area is 121 Å². The van der Waals surface area contributed by atoms with Crippen LogP contribution in [0.1, 0.15) is 38.3 Å². The summed E-state index contributed by atoms with van der Waals surface area (Å²) in [5.41, 5.74) is 1.12. The molecule has 2 N–H and O–H groups in total. The van der Waals surface area contributed by atoms with E-state index in [-0.39, 0.29) is 11.8 Å². The SMILES string of the molecule is COc1cc(C(C)NC(C)C2CCOCC2)ccc1O. The molecule has 0 aromatic heterocycles. The first-order valence-corrected chi connectivity index (χ1v) is 7.32. The fourth-order valence-corrected chi connectivity index (χ4v) is 2.81. The van der Waals surface area contributed by atoms with Gasteiger partial charge in [-0.2, -0.15) is 0 Å². The largest absolute Gasteiger partial charge is 0.504 e. The number of rotatable bonds is 5. The Morgan fingerprint density at radius 2 is 2.00 bits per heavy atom. The van der Waals surface area contributed by atoms with Crippen LogP contribution in [0.4, 0.5) is 0 Å². The normalized spacial score (nSPS) is 19.6. The maximum absolute atomic E-state index is 9.64. The summed E-state index contributed by atoms with van der Waals surface area (Å²) in [6.07, 6.45) is 2.25. The zero-order chi connectivity index (χ0) is 14.5. The molecular weight excluding hydrogens is 254 g/mol. The van der Waals surface area contributed by atoms with Gasteiger partial charge in [-0.15, -0.1) is 0 Å². The van der Waals surface area contributed by atoms with E-state index in [4.69, 9.17) is 9.47 Å². The quantitative estimate of drug-likeness (QED) is 0.870. The summed E-state index contributed by atoms with van der Waals surface area (Å²) in [7, 11) is 1.57. The highest BCUT2D eigenvalue weighted by atomic mass is 16.5. The number of benzene rings is 1. The van der Waals surface area contributed by atoms with Gasteiger partial charge in [-0.05, 0) is 50.3 Å². The van der Waals surface area contributed by atoms with Crippen molar-refractivity contribution in [3.8, 4) is 11.5 Å². The third kappa shape index (κ3) is 3.64. The van der Waals surface area contributed by atoms with Gasteiger partial charge in [-0.1, -0.05) is 6.07 Å². The second-order valence-corrected chi connectivity index (χ2v) is 5.56. The lowest BCUT2D eigenvalue weighted by molar-refractivity contribution is 0.0547. The molecule has 1 saturated heterocycles. The van der Waals surface area contributed by atoms with E-state index in [2.05, 4.69) is 19.2 Å². The molecule has 1 fully saturated rings. The van der Waals surface area contributed by atoms with Gasteiger partial charge in [-0.3, -0.25) is 0 Å². The molecule has 1 aliphatic heterocycles.